The van der Waals surface area contributed by atoms with Crippen LogP contribution in [0.2, 0.25) is 0 Å². The van der Waals surface area contributed by atoms with Crippen molar-refractivity contribution in [1.82, 2.24) is 15.0 Å². The Labute approximate surface area is 180 Å². The monoisotopic (exact) mass is 426 g/mol. The Hall–Kier alpha value is -2.71. The van der Waals surface area contributed by atoms with Crippen molar-refractivity contribution in [2.45, 2.75) is 44.5 Å². The van der Waals surface area contributed by atoms with Crippen molar-refractivity contribution in [3.8, 4) is 0 Å². The molecule has 1 atom stereocenters. The molecule has 0 unspecified atom stereocenters. The van der Waals surface area contributed by atoms with Crippen LogP contribution in [0.15, 0.2) is 47.8 Å². The number of fused-ring (bicyclic) bond motifs is 1. The predicted molar refractivity (Wildman–Crippen MR) is 119 cm³/mol. The van der Waals surface area contributed by atoms with Gasteiger partial charge in [-0.3, -0.25) is 4.84 Å². The zero-order valence-corrected chi connectivity index (χ0v) is 18.9. The fourth-order valence-corrected chi connectivity index (χ4v) is 3.36. The molecule has 7 nitrogen and oxygen atoms in total. The van der Waals surface area contributed by atoms with Crippen molar-refractivity contribution in [1.29, 1.82) is 0 Å². The molecule has 0 amide bonds. The molecule has 2 heterocycles. The molecular formula is C22H26N4O3S. The van der Waals surface area contributed by atoms with E-state index in [1.165, 1.54) is 11.8 Å². The number of esters is 1. The summed E-state index contributed by atoms with van der Waals surface area (Å²) in [6, 6.07) is 10.7. The van der Waals surface area contributed by atoms with Gasteiger partial charge in [0, 0.05) is 11.6 Å². The number of hydroxylamine groups is 1. The van der Waals surface area contributed by atoms with Gasteiger partial charge in [-0.05, 0) is 52.1 Å². The van der Waals surface area contributed by atoms with E-state index in [2.05, 4.69) is 9.97 Å². The Bertz CT molecular complexity index is 1040. The Balaban J connectivity index is 2.06. The third kappa shape index (κ3) is 4.71. The zero-order valence-electron chi connectivity index (χ0n) is 18.0. The van der Waals surface area contributed by atoms with Crippen LogP contribution in [0.3, 0.4) is 0 Å². The summed E-state index contributed by atoms with van der Waals surface area (Å²) in [6.45, 7) is 7.86. The number of anilines is 1. The maximum atomic E-state index is 12.5. The van der Waals surface area contributed by atoms with Crippen LogP contribution in [0.25, 0.3) is 10.9 Å². The highest BCUT2D eigenvalue weighted by molar-refractivity contribution is 7.98. The molecule has 2 aromatic heterocycles. The fraction of sp³-hybridized carbons (Fsp3) is 0.364. The molecule has 3 rings (SSSR count). The largest absolute Gasteiger partial charge is 0.453 e. The van der Waals surface area contributed by atoms with E-state index in [4.69, 9.17) is 14.6 Å². The van der Waals surface area contributed by atoms with Crippen LogP contribution in [0.4, 0.5) is 5.82 Å². The smallest absolute Gasteiger partial charge is 0.338 e. The lowest BCUT2D eigenvalue weighted by Crippen LogP contribution is -2.41. The number of pyridine rings is 1. The van der Waals surface area contributed by atoms with E-state index in [0.717, 1.165) is 5.39 Å². The minimum Gasteiger partial charge on any atom is -0.453 e. The second kappa shape index (κ2) is 8.97. The maximum Gasteiger partial charge on any atom is 0.338 e. The molecule has 1 aromatic carbocycles. The van der Waals surface area contributed by atoms with Crippen molar-refractivity contribution >= 4 is 34.5 Å². The third-order valence-electron chi connectivity index (χ3n) is 4.42. The van der Waals surface area contributed by atoms with Crippen LogP contribution in [-0.4, -0.2) is 39.8 Å². The molecule has 3 aromatic rings. The summed E-state index contributed by atoms with van der Waals surface area (Å²) >= 11 is 1.46. The quantitative estimate of drug-likeness (QED) is 0.240. The summed E-state index contributed by atoms with van der Waals surface area (Å²) in [5.74, 6) is 0.151. The van der Waals surface area contributed by atoms with Crippen LogP contribution in [0, 0.1) is 0 Å². The number of thioether (sulfide) groups is 1. The number of ether oxygens (including phenoxy) is 1. The van der Waals surface area contributed by atoms with Crippen molar-refractivity contribution in [2.75, 3.05) is 18.4 Å². The molecule has 0 fully saturated rings. The first-order valence-corrected chi connectivity index (χ1v) is 10.8. The van der Waals surface area contributed by atoms with Gasteiger partial charge in [0.1, 0.15) is 11.6 Å². The molecule has 0 radical (unpaired) electrons. The van der Waals surface area contributed by atoms with E-state index in [1.54, 1.807) is 49.6 Å². The van der Waals surface area contributed by atoms with Crippen molar-refractivity contribution in [3.05, 3.63) is 53.9 Å². The lowest BCUT2D eigenvalue weighted by molar-refractivity contribution is 0.0328. The Morgan fingerprint density at radius 2 is 1.87 bits per heavy atom. The van der Waals surface area contributed by atoms with Gasteiger partial charge in [-0.25, -0.2) is 24.8 Å². The number of rotatable bonds is 6. The number of benzene rings is 1. The van der Waals surface area contributed by atoms with E-state index >= 15 is 0 Å². The highest BCUT2D eigenvalue weighted by Gasteiger charge is 2.28. The molecule has 0 saturated heterocycles. The average Bonchev–Trinajstić information content (AvgIpc) is 2.73. The normalized spacial score (nSPS) is 12.6. The summed E-state index contributed by atoms with van der Waals surface area (Å²) in [6.07, 6.45) is 3.11. The van der Waals surface area contributed by atoms with Gasteiger partial charge in [0.05, 0.1) is 23.9 Å². The number of aromatic nitrogens is 3. The second-order valence-electron chi connectivity index (χ2n) is 7.73. The van der Waals surface area contributed by atoms with Gasteiger partial charge in [-0.15, -0.1) is 0 Å². The number of nitrogens with zero attached hydrogens (tertiary/aromatic N) is 4. The van der Waals surface area contributed by atoms with Crippen LogP contribution < -0.4 is 5.06 Å². The Morgan fingerprint density at radius 1 is 1.17 bits per heavy atom. The number of hydrogen-bond acceptors (Lipinski definition) is 8. The molecule has 0 N–H and O–H groups in total. The van der Waals surface area contributed by atoms with Crippen molar-refractivity contribution < 1.29 is 14.4 Å². The molecule has 0 bridgehead atoms. The molecule has 0 aliphatic heterocycles. The Kier molecular flexibility index (Phi) is 6.58. The van der Waals surface area contributed by atoms with Crippen LogP contribution >= 0.6 is 11.8 Å². The van der Waals surface area contributed by atoms with Gasteiger partial charge in [-0.1, -0.05) is 30.0 Å². The zero-order chi connectivity index (χ0) is 21.9. The fourth-order valence-electron chi connectivity index (χ4n) is 3.02. The van der Waals surface area contributed by atoms with Gasteiger partial charge in [0.25, 0.3) is 0 Å². The van der Waals surface area contributed by atoms with Gasteiger partial charge in [-0.2, -0.15) is 0 Å². The minimum atomic E-state index is -0.570. The molecule has 0 spiro atoms. The molecule has 0 saturated carbocycles. The molecule has 158 valence electrons. The van der Waals surface area contributed by atoms with Gasteiger partial charge in [0.15, 0.2) is 11.0 Å². The third-order valence-corrected chi connectivity index (χ3v) is 4.98. The summed E-state index contributed by atoms with van der Waals surface area (Å²) < 4.78 is 5.66. The highest BCUT2D eigenvalue weighted by atomic mass is 32.2. The first-order chi connectivity index (χ1) is 14.2. The number of hydrogen-bond donors (Lipinski definition) is 0. The van der Waals surface area contributed by atoms with Crippen LogP contribution in [-0.2, 0) is 9.57 Å². The summed E-state index contributed by atoms with van der Waals surface area (Å²) in [5.41, 5.74) is 1.39. The molecule has 8 heteroatoms. The number of carbonyl (C=O) groups excluding carboxylic acids is 1. The maximum absolute atomic E-state index is 12.5. The van der Waals surface area contributed by atoms with Crippen molar-refractivity contribution in [2.24, 2.45) is 0 Å². The predicted octanol–water partition coefficient (Wildman–Crippen LogP) is 4.83. The Morgan fingerprint density at radius 3 is 2.47 bits per heavy atom. The van der Waals surface area contributed by atoms with Crippen molar-refractivity contribution in [3.63, 3.8) is 0 Å². The summed E-state index contributed by atoms with van der Waals surface area (Å²) in [4.78, 5) is 32.0. The molecule has 30 heavy (non-hydrogen) atoms. The van der Waals surface area contributed by atoms with Crippen LogP contribution in [0.1, 0.15) is 49.9 Å². The van der Waals surface area contributed by atoms with Gasteiger partial charge in [0.2, 0.25) is 0 Å². The molecule has 0 aliphatic rings. The van der Waals surface area contributed by atoms with E-state index in [-0.39, 0.29) is 5.54 Å². The highest BCUT2D eigenvalue weighted by Crippen LogP contribution is 2.32. The standard InChI is InChI=1S/C22H26N4O3S/c1-14(29-20(27)15-10-8-7-9-11-15)17-12-16-13-23-21(30-6)25-18(16)19(24-17)26(28-5)22(2,3)4/h7-14H,1-6H3/t14-/m1/s1. The average molecular weight is 427 g/mol. The SMILES string of the molecule is CON(c1nc([C@@H](C)OC(=O)c2ccccc2)cc2cnc(SC)nc12)C(C)(C)C. The topological polar surface area (TPSA) is 77.4 Å². The first-order valence-electron chi connectivity index (χ1n) is 9.56. The molecule has 0 aliphatic carbocycles. The lowest BCUT2D eigenvalue weighted by Gasteiger charge is -2.34. The minimum absolute atomic E-state index is 0.373. The van der Waals surface area contributed by atoms with Crippen LogP contribution in [0.5, 0.6) is 0 Å². The summed E-state index contributed by atoms with van der Waals surface area (Å²) in [5, 5.41) is 3.15. The van der Waals surface area contributed by atoms with E-state index in [1.807, 2.05) is 39.2 Å². The first kappa shape index (κ1) is 22.0. The van der Waals surface area contributed by atoms with E-state index in [0.29, 0.717) is 27.7 Å². The second-order valence-corrected chi connectivity index (χ2v) is 8.50. The summed E-state index contributed by atoms with van der Waals surface area (Å²) in [7, 11) is 1.60. The molecular weight excluding hydrogens is 400 g/mol. The van der Waals surface area contributed by atoms with E-state index in [9.17, 15) is 4.79 Å². The van der Waals surface area contributed by atoms with E-state index < -0.39 is 12.1 Å². The van der Waals surface area contributed by atoms with Gasteiger partial charge < -0.3 is 4.74 Å². The van der Waals surface area contributed by atoms with Gasteiger partial charge >= 0.3 is 5.97 Å². The number of carbonyl (C=O) groups is 1. The lowest BCUT2D eigenvalue weighted by atomic mass is 10.1.